The normalized spacial score (nSPS) is 21.9. The molecule has 0 heterocycles. The van der Waals surface area contributed by atoms with Crippen LogP contribution in [0.1, 0.15) is 46.9 Å². The molecule has 0 aromatic heterocycles. The number of rotatable bonds is 5. The van der Waals surface area contributed by atoms with Crippen LogP contribution >= 0.6 is 0 Å². The molecule has 2 bridgehead atoms. The number of amides is 2. The van der Waals surface area contributed by atoms with E-state index in [0.717, 1.165) is 6.42 Å². The van der Waals surface area contributed by atoms with Crippen LogP contribution in [0.4, 0.5) is 4.79 Å². The second-order valence-corrected chi connectivity index (χ2v) is 7.54. The first-order valence-corrected chi connectivity index (χ1v) is 9.44. The van der Waals surface area contributed by atoms with Crippen LogP contribution in [0.5, 0.6) is 0 Å². The fraction of sp³-hybridized carbons (Fsp3) is 0.364. The Balaban J connectivity index is 1.51. The molecule has 0 fully saturated rings. The van der Waals surface area contributed by atoms with Gasteiger partial charge in [-0.1, -0.05) is 48.5 Å². The summed E-state index contributed by atoms with van der Waals surface area (Å²) in [5.41, 5.74) is 5.60. The molecule has 2 N–H and O–H groups in total. The Morgan fingerprint density at radius 3 is 2.15 bits per heavy atom. The number of carbonyl (C=O) groups excluding carboxylic acids is 1. The SMILES string of the molecule is CN(CCC(=O)O)C(=O)NCC1CC2c3ccccc3C1c1ccccc12. The van der Waals surface area contributed by atoms with Crippen molar-refractivity contribution in [1.82, 2.24) is 10.2 Å². The van der Waals surface area contributed by atoms with Gasteiger partial charge in [0.15, 0.2) is 0 Å². The number of carboxylic acids is 1. The lowest BCUT2D eigenvalue weighted by Crippen LogP contribution is -2.43. The molecular formula is C22H24N2O3. The molecule has 2 amide bonds. The van der Waals surface area contributed by atoms with E-state index in [1.54, 1.807) is 7.05 Å². The van der Waals surface area contributed by atoms with E-state index in [1.807, 2.05) is 0 Å². The van der Waals surface area contributed by atoms with Gasteiger partial charge < -0.3 is 15.3 Å². The summed E-state index contributed by atoms with van der Waals surface area (Å²) < 4.78 is 0. The summed E-state index contributed by atoms with van der Waals surface area (Å²) in [6.07, 6.45) is 0.983. The molecule has 0 saturated heterocycles. The fourth-order valence-electron chi connectivity index (χ4n) is 4.68. The highest BCUT2D eigenvalue weighted by Gasteiger charge is 2.42. The predicted molar refractivity (Wildman–Crippen MR) is 103 cm³/mol. The monoisotopic (exact) mass is 364 g/mol. The molecule has 140 valence electrons. The van der Waals surface area contributed by atoms with Crippen molar-refractivity contribution in [2.45, 2.75) is 24.7 Å². The minimum atomic E-state index is -0.896. The number of hydrogen-bond donors (Lipinski definition) is 2. The third-order valence-electron chi connectivity index (χ3n) is 5.95. The van der Waals surface area contributed by atoms with Gasteiger partial charge in [-0.2, -0.15) is 0 Å². The predicted octanol–water partition coefficient (Wildman–Crippen LogP) is 3.40. The van der Waals surface area contributed by atoms with Crippen LogP contribution in [-0.2, 0) is 4.79 Å². The summed E-state index contributed by atoms with van der Waals surface area (Å²) in [5, 5.41) is 11.8. The third-order valence-corrected chi connectivity index (χ3v) is 5.95. The van der Waals surface area contributed by atoms with Crippen molar-refractivity contribution < 1.29 is 14.7 Å². The Morgan fingerprint density at radius 2 is 1.59 bits per heavy atom. The van der Waals surface area contributed by atoms with Gasteiger partial charge in [0.25, 0.3) is 0 Å². The maximum atomic E-state index is 12.3. The van der Waals surface area contributed by atoms with Gasteiger partial charge in [0, 0.05) is 32.0 Å². The second kappa shape index (κ2) is 7.06. The Kier molecular flexibility index (Phi) is 4.60. The number of hydrogen-bond acceptors (Lipinski definition) is 2. The van der Waals surface area contributed by atoms with E-state index in [1.165, 1.54) is 27.2 Å². The average Bonchev–Trinajstić information content (AvgIpc) is 2.70. The first-order valence-electron chi connectivity index (χ1n) is 9.44. The first-order chi connectivity index (χ1) is 13.1. The number of benzene rings is 2. The van der Waals surface area contributed by atoms with Crippen molar-refractivity contribution in [2.75, 3.05) is 20.1 Å². The van der Waals surface area contributed by atoms with E-state index in [9.17, 15) is 9.59 Å². The van der Waals surface area contributed by atoms with Crippen LogP contribution in [0.2, 0.25) is 0 Å². The van der Waals surface area contributed by atoms with Crippen LogP contribution in [-0.4, -0.2) is 42.1 Å². The zero-order valence-electron chi connectivity index (χ0n) is 15.4. The van der Waals surface area contributed by atoms with Gasteiger partial charge in [-0.3, -0.25) is 4.79 Å². The quantitative estimate of drug-likeness (QED) is 0.854. The summed E-state index contributed by atoms with van der Waals surface area (Å²) >= 11 is 0. The molecule has 0 spiro atoms. The van der Waals surface area contributed by atoms with Crippen LogP contribution in [0.25, 0.3) is 0 Å². The molecule has 5 rings (SSSR count). The number of nitrogens with zero attached hydrogens (tertiary/aromatic N) is 1. The number of carboxylic acid groups (broad SMARTS) is 1. The van der Waals surface area contributed by atoms with Crippen LogP contribution < -0.4 is 5.32 Å². The number of carbonyl (C=O) groups is 2. The molecule has 3 aliphatic rings. The molecule has 2 aromatic rings. The van der Waals surface area contributed by atoms with Gasteiger partial charge in [-0.05, 0) is 34.6 Å². The van der Waals surface area contributed by atoms with Crippen molar-refractivity contribution in [2.24, 2.45) is 5.92 Å². The van der Waals surface area contributed by atoms with Crippen molar-refractivity contribution >= 4 is 12.0 Å². The van der Waals surface area contributed by atoms with Gasteiger partial charge in [0.05, 0.1) is 6.42 Å². The van der Waals surface area contributed by atoms with Gasteiger partial charge >= 0.3 is 12.0 Å². The highest BCUT2D eigenvalue weighted by Crippen LogP contribution is 2.55. The maximum absolute atomic E-state index is 12.3. The van der Waals surface area contributed by atoms with Crippen LogP contribution in [0.15, 0.2) is 48.5 Å². The molecule has 5 heteroatoms. The fourth-order valence-corrected chi connectivity index (χ4v) is 4.68. The molecule has 2 aromatic carbocycles. The van der Waals surface area contributed by atoms with Gasteiger partial charge in [-0.15, -0.1) is 0 Å². The molecule has 27 heavy (non-hydrogen) atoms. The van der Waals surface area contributed by atoms with Crippen LogP contribution in [0.3, 0.4) is 0 Å². The second-order valence-electron chi connectivity index (χ2n) is 7.54. The molecule has 0 saturated carbocycles. The number of urea groups is 1. The summed E-state index contributed by atoms with van der Waals surface area (Å²) in [4.78, 5) is 24.5. The van der Waals surface area contributed by atoms with Gasteiger partial charge in [0.2, 0.25) is 0 Å². The van der Waals surface area contributed by atoms with Crippen molar-refractivity contribution in [3.63, 3.8) is 0 Å². The minimum Gasteiger partial charge on any atom is -0.481 e. The summed E-state index contributed by atoms with van der Waals surface area (Å²) in [7, 11) is 1.63. The van der Waals surface area contributed by atoms with E-state index >= 15 is 0 Å². The van der Waals surface area contributed by atoms with E-state index in [-0.39, 0.29) is 19.0 Å². The first kappa shape index (κ1) is 17.6. The number of aliphatic carboxylic acids is 1. The lowest BCUT2D eigenvalue weighted by molar-refractivity contribution is -0.137. The lowest BCUT2D eigenvalue weighted by atomic mass is 9.59. The summed E-state index contributed by atoms with van der Waals surface area (Å²) in [6.45, 7) is 0.809. The van der Waals surface area contributed by atoms with E-state index < -0.39 is 5.97 Å². The molecule has 1 atom stereocenters. The zero-order valence-corrected chi connectivity index (χ0v) is 15.4. The molecule has 5 nitrogen and oxygen atoms in total. The number of fused-ring (bicyclic) bond motifs is 1. The number of nitrogens with one attached hydrogen (secondary N) is 1. The molecule has 0 radical (unpaired) electrons. The molecule has 1 unspecified atom stereocenters. The van der Waals surface area contributed by atoms with Gasteiger partial charge in [0.1, 0.15) is 0 Å². The Labute approximate surface area is 159 Å². The smallest absolute Gasteiger partial charge is 0.317 e. The Bertz CT molecular complexity index is 832. The largest absolute Gasteiger partial charge is 0.481 e. The topological polar surface area (TPSA) is 69.6 Å². The highest BCUT2D eigenvalue weighted by molar-refractivity contribution is 5.75. The van der Waals surface area contributed by atoms with Gasteiger partial charge in [-0.25, -0.2) is 4.79 Å². The molecule has 3 aliphatic carbocycles. The van der Waals surface area contributed by atoms with Crippen molar-refractivity contribution in [3.05, 3.63) is 70.8 Å². The third kappa shape index (κ3) is 3.18. The van der Waals surface area contributed by atoms with Crippen molar-refractivity contribution in [1.29, 1.82) is 0 Å². The average molecular weight is 364 g/mol. The Hall–Kier alpha value is -2.82. The highest BCUT2D eigenvalue weighted by atomic mass is 16.4. The Morgan fingerprint density at radius 1 is 1.04 bits per heavy atom. The lowest BCUT2D eigenvalue weighted by Gasteiger charge is -2.45. The summed E-state index contributed by atoms with van der Waals surface area (Å²) in [5.74, 6) is 0.130. The summed E-state index contributed by atoms with van der Waals surface area (Å²) in [6, 6.07) is 17.1. The van der Waals surface area contributed by atoms with Crippen LogP contribution in [0, 0.1) is 5.92 Å². The minimum absolute atomic E-state index is 0.0429. The standard InChI is InChI=1S/C22H24N2O3/c1-24(11-10-20(25)26)22(27)23-13-14-12-19-15-6-2-4-8-17(15)21(14)18-9-5-3-7-16(18)19/h2-9,14,19,21H,10-13H2,1H3,(H,23,27)(H,25,26). The zero-order chi connectivity index (χ0) is 19.0. The molecular weight excluding hydrogens is 340 g/mol. The van der Waals surface area contributed by atoms with E-state index in [4.69, 9.17) is 5.11 Å². The maximum Gasteiger partial charge on any atom is 0.317 e. The van der Waals surface area contributed by atoms with Crippen molar-refractivity contribution in [3.8, 4) is 0 Å². The van der Waals surface area contributed by atoms with E-state index in [2.05, 4.69) is 53.8 Å². The molecule has 0 aliphatic heterocycles. The van der Waals surface area contributed by atoms with E-state index in [0.29, 0.717) is 24.3 Å².